The number of ether oxygens (including phenoxy) is 3. The molecule has 2 aliphatic rings. The van der Waals surface area contributed by atoms with E-state index in [1.807, 2.05) is 18.2 Å². The molecule has 0 aliphatic carbocycles. The number of carbonyl (C=O) groups is 1. The minimum atomic E-state index is -0.753. The van der Waals surface area contributed by atoms with Crippen LogP contribution in [0.5, 0.6) is 11.5 Å². The van der Waals surface area contributed by atoms with E-state index in [-0.39, 0.29) is 12.8 Å². The van der Waals surface area contributed by atoms with Crippen molar-refractivity contribution < 1.29 is 19.0 Å². The maximum Gasteiger partial charge on any atom is 0.303 e. The Labute approximate surface area is 154 Å². The molecule has 1 aromatic carbocycles. The number of fused-ring (bicyclic) bond motifs is 2. The summed E-state index contributed by atoms with van der Waals surface area (Å²) in [4.78, 5) is 13.7. The molecule has 0 N–H and O–H groups in total. The van der Waals surface area contributed by atoms with E-state index in [0.717, 1.165) is 29.8 Å². The molecule has 2 heterocycles. The molecule has 0 spiro atoms. The molecule has 0 bridgehead atoms. The highest BCUT2D eigenvalue weighted by molar-refractivity contribution is 5.66. The average molecular weight is 353 g/mol. The molecule has 0 aromatic heterocycles. The molecule has 0 saturated carbocycles. The highest BCUT2D eigenvalue weighted by Crippen LogP contribution is 2.45. The summed E-state index contributed by atoms with van der Waals surface area (Å²) in [6, 6.07) is 3.96. The molecule has 2 atom stereocenters. The Morgan fingerprint density at radius 1 is 1.46 bits per heavy atom. The van der Waals surface area contributed by atoms with Crippen molar-refractivity contribution in [1.82, 2.24) is 4.90 Å². The fourth-order valence-corrected chi connectivity index (χ4v) is 3.74. The first kappa shape index (κ1) is 18.1. The summed E-state index contributed by atoms with van der Waals surface area (Å²) in [7, 11) is 0. The van der Waals surface area contributed by atoms with Crippen molar-refractivity contribution in [3.63, 3.8) is 0 Å². The molecule has 0 radical (unpaired) electrons. The summed E-state index contributed by atoms with van der Waals surface area (Å²) in [6.07, 6.45) is 10.3. The van der Waals surface area contributed by atoms with E-state index in [4.69, 9.17) is 20.6 Å². The number of terminal acetylenes is 1. The van der Waals surface area contributed by atoms with Crippen molar-refractivity contribution in [2.24, 2.45) is 0 Å². The van der Waals surface area contributed by atoms with Gasteiger partial charge < -0.3 is 14.2 Å². The predicted octanol–water partition coefficient (Wildman–Crippen LogP) is 2.80. The van der Waals surface area contributed by atoms with Crippen LogP contribution in [-0.2, 0) is 21.5 Å². The van der Waals surface area contributed by atoms with Crippen molar-refractivity contribution in [3.05, 3.63) is 48.6 Å². The first-order valence-electron chi connectivity index (χ1n) is 8.60. The second kappa shape index (κ2) is 7.27. The molecule has 2 aliphatic heterocycles. The first-order chi connectivity index (χ1) is 12.5. The summed E-state index contributed by atoms with van der Waals surface area (Å²) in [5.74, 6) is 4.05. The van der Waals surface area contributed by atoms with Gasteiger partial charge in [0.15, 0.2) is 11.5 Å². The van der Waals surface area contributed by atoms with E-state index in [2.05, 4.69) is 24.0 Å². The van der Waals surface area contributed by atoms with Crippen molar-refractivity contribution in [2.45, 2.75) is 31.4 Å². The van der Waals surface area contributed by atoms with Gasteiger partial charge in [0.05, 0.1) is 0 Å². The molecule has 0 amide bonds. The van der Waals surface area contributed by atoms with Crippen LogP contribution in [0.3, 0.4) is 0 Å². The van der Waals surface area contributed by atoms with Crippen LogP contribution in [0.15, 0.2) is 37.4 Å². The Balaban J connectivity index is 2.09. The van der Waals surface area contributed by atoms with E-state index >= 15 is 0 Å². The quantitative estimate of drug-likeness (QED) is 0.447. The normalized spacial score (nSPS) is 22.0. The van der Waals surface area contributed by atoms with Crippen LogP contribution < -0.4 is 9.47 Å². The molecule has 3 rings (SSSR count). The minimum Gasteiger partial charge on any atom is -0.458 e. The maximum atomic E-state index is 11.5. The van der Waals surface area contributed by atoms with Crippen LogP contribution in [0.1, 0.15) is 24.5 Å². The van der Waals surface area contributed by atoms with Crippen molar-refractivity contribution >= 4 is 5.97 Å². The number of hydrogen-bond acceptors (Lipinski definition) is 5. The smallest absolute Gasteiger partial charge is 0.303 e. The van der Waals surface area contributed by atoms with Gasteiger partial charge in [0.25, 0.3) is 0 Å². The van der Waals surface area contributed by atoms with Gasteiger partial charge in [-0.3, -0.25) is 9.69 Å². The topological polar surface area (TPSA) is 48.0 Å². The number of esters is 1. The van der Waals surface area contributed by atoms with Crippen LogP contribution in [0.25, 0.3) is 0 Å². The third-order valence-electron chi connectivity index (χ3n) is 4.90. The third-order valence-corrected chi connectivity index (χ3v) is 4.90. The zero-order chi connectivity index (χ0) is 18.7. The Morgan fingerprint density at radius 3 is 2.81 bits per heavy atom. The number of rotatable bonds is 6. The molecule has 5 nitrogen and oxygen atoms in total. The second-order valence-electron chi connectivity index (χ2n) is 6.44. The van der Waals surface area contributed by atoms with Gasteiger partial charge in [-0.15, -0.1) is 13.0 Å². The van der Waals surface area contributed by atoms with E-state index < -0.39 is 11.6 Å². The molecule has 1 unspecified atom stereocenters. The summed E-state index contributed by atoms with van der Waals surface area (Å²) < 4.78 is 16.5. The lowest BCUT2D eigenvalue weighted by molar-refractivity contribution is -0.145. The SMILES string of the molecule is C#CC1(C[C@H](C=C)OC(C)=O)c2cc3c(cc2CCN1CC=C)OCO3. The largest absolute Gasteiger partial charge is 0.458 e. The summed E-state index contributed by atoms with van der Waals surface area (Å²) in [6.45, 7) is 10.6. The summed E-state index contributed by atoms with van der Waals surface area (Å²) in [5, 5.41) is 0. The van der Waals surface area contributed by atoms with Crippen molar-refractivity contribution in [2.75, 3.05) is 19.9 Å². The van der Waals surface area contributed by atoms with Gasteiger partial charge in [-0.2, -0.15) is 0 Å². The first-order valence-corrected chi connectivity index (χ1v) is 8.60. The monoisotopic (exact) mass is 353 g/mol. The lowest BCUT2D eigenvalue weighted by Gasteiger charge is -2.45. The molecule has 0 fully saturated rings. The Morgan fingerprint density at radius 2 is 2.19 bits per heavy atom. The van der Waals surface area contributed by atoms with Crippen molar-refractivity contribution in [3.8, 4) is 23.8 Å². The summed E-state index contributed by atoms with van der Waals surface area (Å²) >= 11 is 0. The fourth-order valence-electron chi connectivity index (χ4n) is 3.74. The molecular formula is C21H23NO4. The van der Waals surface area contributed by atoms with E-state index in [1.54, 1.807) is 6.08 Å². The van der Waals surface area contributed by atoms with Crippen LogP contribution in [-0.4, -0.2) is 36.9 Å². The van der Waals surface area contributed by atoms with Gasteiger partial charge in [-0.25, -0.2) is 0 Å². The molecular weight excluding hydrogens is 330 g/mol. The molecule has 1 aromatic rings. The number of benzene rings is 1. The van der Waals surface area contributed by atoms with Gasteiger partial charge in [0.2, 0.25) is 6.79 Å². The lowest BCUT2D eigenvalue weighted by atomic mass is 9.77. The molecule has 136 valence electrons. The zero-order valence-corrected chi connectivity index (χ0v) is 15.0. The van der Waals surface area contributed by atoms with Gasteiger partial charge in [0, 0.05) is 26.4 Å². The Kier molecular flexibility index (Phi) is 5.06. The van der Waals surface area contributed by atoms with E-state index in [1.165, 1.54) is 6.92 Å². The standard InChI is InChI=1S/C21H23NO4/c1-5-9-22-10-8-16-11-19-20(25-14-24-19)12-18(16)21(22,7-3)13-17(6-2)26-15(4)23/h3,5-6,11-12,17H,1-2,8-10,13-14H2,4H3/t17-,21?/m0/s1. The van der Waals surface area contributed by atoms with E-state index in [9.17, 15) is 4.79 Å². The highest BCUT2D eigenvalue weighted by Gasteiger charge is 2.44. The van der Waals surface area contributed by atoms with Crippen LogP contribution >= 0.6 is 0 Å². The fraction of sp³-hybridized carbons (Fsp3) is 0.381. The van der Waals surface area contributed by atoms with E-state index in [0.29, 0.717) is 18.7 Å². The lowest BCUT2D eigenvalue weighted by Crippen LogP contribution is -2.51. The van der Waals surface area contributed by atoms with Gasteiger partial charge >= 0.3 is 5.97 Å². The molecule has 26 heavy (non-hydrogen) atoms. The second-order valence-corrected chi connectivity index (χ2v) is 6.44. The Bertz CT molecular complexity index is 779. The number of hydrogen-bond donors (Lipinski definition) is 0. The zero-order valence-electron chi connectivity index (χ0n) is 15.0. The summed E-state index contributed by atoms with van der Waals surface area (Å²) in [5.41, 5.74) is 1.35. The molecule has 5 heteroatoms. The van der Waals surface area contributed by atoms with Crippen LogP contribution in [0, 0.1) is 12.3 Å². The van der Waals surface area contributed by atoms with Gasteiger partial charge in [-0.1, -0.05) is 24.7 Å². The molecule has 0 saturated heterocycles. The van der Waals surface area contributed by atoms with Gasteiger partial charge in [0.1, 0.15) is 11.6 Å². The predicted molar refractivity (Wildman–Crippen MR) is 98.9 cm³/mol. The maximum absolute atomic E-state index is 11.5. The number of carbonyl (C=O) groups excluding carboxylic acids is 1. The van der Waals surface area contributed by atoms with Crippen LogP contribution in [0.2, 0.25) is 0 Å². The third kappa shape index (κ3) is 3.09. The minimum absolute atomic E-state index is 0.209. The average Bonchev–Trinajstić information content (AvgIpc) is 3.08. The van der Waals surface area contributed by atoms with Gasteiger partial charge in [-0.05, 0) is 29.7 Å². The number of nitrogens with zero attached hydrogens (tertiary/aromatic N) is 1. The van der Waals surface area contributed by atoms with Crippen molar-refractivity contribution in [1.29, 1.82) is 0 Å². The highest BCUT2D eigenvalue weighted by atomic mass is 16.7. The van der Waals surface area contributed by atoms with Crippen LogP contribution in [0.4, 0.5) is 0 Å². The Hall–Kier alpha value is -2.71.